The van der Waals surface area contributed by atoms with Crippen LogP contribution < -0.4 is 5.32 Å². The zero-order chi connectivity index (χ0) is 14.4. The van der Waals surface area contributed by atoms with Gasteiger partial charge in [0, 0.05) is 11.8 Å². The summed E-state index contributed by atoms with van der Waals surface area (Å²) in [6, 6.07) is 11.7. The molecule has 1 aromatic carbocycles. The van der Waals surface area contributed by atoms with E-state index >= 15 is 0 Å². The summed E-state index contributed by atoms with van der Waals surface area (Å²) in [5.74, 6) is -0.561. The van der Waals surface area contributed by atoms with Crippen LogP contribution in [0.5, 0.6) is 0 Å². The third kappa shape index (κ3) is 4.31. The molecule has 0 atom stereocenters. The molecule has 2 aromatic rings. The van der Waals surface area contributed by atoms with Crippen molar-refractivity contribution in [3.63, 3.8) is 0 Å². The lowest BCUT2D eigenvalue weighted by Crippen LogP contribution is -2.20. The van der Waals surface area contributed by atoms with Gasteiger partial charge in [0.15, 0.2) is 0 Å². The molecular formula is C16H15FN2O. The zero-order valence-electron chi connectivity index (χ0n) is 11.1. The summed E-state index contributed by atoms with van der Waals surface area (Å²) in [5.41, 5.74) is 2.36. The predicted molar refractivity (Wildman–Crippen MR) is 76.3 cm³/mol. The average Bonchev–Trinajstić information content (AvgIpc) is 2.43. The topological polar surface area (TPSA) is 42.0 Å². The van der Waals surface area contributed by atoms with Crippen molar-refractivity contribution in [2.75, 3.05) is 0 Å². The second-order valence-electron chi connectivity index (χ2n) is 4.38. The number of benzene rings is 1. The Morgan fingerprint density at radius 3 is 2.85 bits per heavy atom. The zero-order valence-corrected chi connectivity index (χ0v) is 11.1. The van der Waals surface area contributed by atoms with Gasteiger partial charge in [-0.3, -0.25) is 9.78 Å². The number of hydrogen-bond donors (Lipinski definition) is 1. The third-order valence-corrected chi connectivity index (χ3v) is 2.67. The van der Waals surface area contributed by atoms with Crippen LogP contribution >= 0.6 is 0 Å². The second kappa shape index (κ2) is 6.61. The summed E-state index contributed by atoms with van der Waals surface area (Å²) in [4.78, 5) is 15.9. The quantitative estimate of drug-likeness (QED) is 0.868. The first-order chi connectivity index (χ1) is 9.63. The average molecular weight is 270 g/mol. The summed E-state index contributed by atoms with van der Waals surface area (Å²) in [5, 5.41) is 2.73. The van der Waals surface area contributed by atoms with E-state index < -0.39 is 0 Å². The van der Waals surface area contributed by atoms with Crippen molar-refractivity contribution in [3.05, 3.63) is 71.3 Å². The first-order valence-corrected chi connectivity index (χ1v) is 6.27. The van der Waals surface area contributed by atoms with Crippen molar-refractivity contribution in [3.8, 4) is 0 Å². The summed E-state index contributed by atoms with van der Waals surface area (Å²) in [6.07, 6.45) is 2.95. The van der Waals surface area contributed by atoms with E-state index in [1.54, 1.807) is 18.2 Å². The van der Waals surface area contributed by atoms with Crippen LogP contribution in [0, 0.1) is 12.7 Å². The Bertz CT molecular complexity index is 638. The molecule has 4 heteroatoms. The van der Waals surface area contributed by atoms with Gasteiger partial charge in [0.1, 0.15) is 5.82 Å². The molecule has 3 nitrogen and oxygen atoms in total. The fourth-order valence-electron chi connectivity index (χ4n) is 1.72. The maximum atomic E-state index is 13.0. The summed E-state index contributed by atoms with van der Waals surface area (Å²) in [7, 11) is 0. The monoisotopic (exact) mass is 270 g/mol. The molecule has 1 amide bonds. The normalized spacial score (nSPS) is 10.7. The van der Waals surface area contributed by atoms with Crippen molar-refractivity contribution in [1.29, 1.82) is 0 Å². The van der Waals surface area contributed by atoms with Crippen molar-refractivity contribution >= 4 is 12.0 Å². The lowest BCUT2D eigenvalue weighted by atomic mass is 10.2. The number of carbonyl (C=O) groups excluding carboxylic acids is 1. The molecule has 0 aliphatic heterocycles. The fraction of sp³-hybridized carbons (Fsp3) is 0.125. The highest BCUT2D eigenvalue weighted by molar-refractivity contribution is 5.91. The van der Waals surface area contributed by atoms with Crippen molar-refractivity contribution < 1.29 is 9.18 Å². The second-order valence-corrected chi connectivity index (χ2v) is 4.38. The standard InChI is InChI=1S/C16H15FN2O/c1-12-4-2-7-15(19-12)11-18-16(20)9-8-13-5-3-6-14(17)10-13/h2-10H,11H2,1H3,(H,18,20)/b9-8+. The number of aromatic nitrogens is 1. The van der Waals surface area contributed by atoms with Gasteiger partial charge in [-0.1, -0.05) is 18.2 Å². The van der Waals surface area contributed by atoms with Crippen LogP contribution in [0.15, 0.2) is 48.5 Å². The minimum Gasteiger partial charge on any atom is -0.347 e. The van der Waals surface area contributed by atoms with Crippen LogP contribution in [-0.4, -0.2) is 10.9 Å². The van der Waals surface area contributed by atoms with Crippen LogP contribution in [0.2, 0.25) is 0 Å². The number of carbonyl (C=O) groups is 1. The maximum Gasteiger partial charge on any atom is 0.244 e. The number of nitrogens with one attached hydrogen (secondary N) is 1. The number of hydrogen-bond acceptors (Lipinski definition) is 2. The predicted octanol–water partition coefficient (Wildman–Crippen LogP) is 2.86. The van der Waals surface area contributed by atoms with Gasteiger partial charge in [-0.2, -0.15) is 0 Å². The number of amides is 1. The lowest BCUT2D eigenvalue weighted by Gasteiger charge is -2.02. The van der Waals surface area contributed by atoms with Crippen molar-refractivity contribution in [2.45, 2.75) is 13.5 Å². The molecule has 102 valence electrons. The van der Waals surface area contributed by atoms with Crippen molar-refractivity contribution in [1.82, 2.24) is 10.3 Å². The van der Waals surface area contributed by atoms with E-state index in [2.05, 4.69) is 10.3 Å². The fourth-order valence-corrected chi connectivity index (χ4v) is 1.72. The molecule has 0 saturated carbocycles. The molecule has 1 aromatic heterocycles. The van der Waals surface area contributed by atoms with Crippen LogP contribution in [-0.2, 0) is 11.3 Å². The lowest BCUT2D eigenvalue weighted by molar-refractivity contribution is -0.116. The van der Waals surface area contributed by atoms with E-state index in [1.807, 2.05) is 25.1 Å². The molecule has 0 spiro atoms. The van der Waals surface area contributed by atoms with E-state index in [0.29, 0.717) is 12.1 Å². The molecule has 20 heavy (non-hydrogen) atoms. The summed E-state index contributed by atoms with van der Waals surface area (Å²) in [6.45, 7) is 2.27. The Morgan fingerprint density at radius 1 is 1.30 bits per heavy atom. The van der Waals surface area contributed by atoms with Gasteiger partial charge >= 0.3 is 0 Å². The van der Waals surface area contributed by atoms with Gasteiger partial charge in [-0.05, 0) is 42.8 Å². The SMILES string of the molecule is Cc1cccc(CNC(=O)/C=C/c2cccc(F)c2)n1. The third-order valence-electron chi connectivity index (χ3n) is 2.67. The Labute approximate surface area is 117 Å². The number of pyridine rings is 1. The number of nitrogens with zero attached hydrogens (tertiary/aromatic N) is 1. The maximum absolute atomic E-state index is 13.0. The first kappa shape index (κ1) is 13.9. The van der Waals surface area contributed by atoms with Gasteiger partial charge in [-0.15, -0.1) is 0 Å². The molecule has 0 bridgehead atoms. The van der Waals surface area contributed by atoms with E-state index in [4.69, 9.17) is 0 Å². The Kier molecular flexibility index (Phi) is 4.60. The highest BCUT2D eigenvalue weighted by Gasteiger charge is 1.98. The highest BCUT2D eigenvalue weighted by atomic mass is 19.1. The number of aryl methyl sites for hydroxylation is 1. The van der Waals surface area contributed by atoms with Crippen LogP contribution in [0.4, 0.5) is 4.39 Å². The van der Waals surface area contributed by atoms with Gasteiger partial charge in [0.25, 0.3) is 0 Å². The minimum atomic E-state index is -0.323. The number of rotatable bonds is 4. The van der Waals surface area contributed by atoms with Crippen LogP contribution in [0.1, 0.15) is 17.0 Å². The molecule has 1 N–H and O–H groups in total. The highest BCUT2D eigenvalue weighted by Crippen LogP contribution is 2.05. The largest absolute Gasteiger partial charge is 0.347 e. The van der Waals surface area contributed by atoms with Crippen LogP contribution in [0.25, 0.3) is 6.08 Å². The molecule has 0 fully saturated rings. The van der Waals surface area contributed by atoms with Gasteiger partial charge < -0.3 is 5.32 Å². The molecule has 0 aliphatic carbocycles. The Morgan fingerprint density at radius 2 is 2.10 bits per heavy atom. The molecule has 0 unspecified atom stereocenters. The van der Waals surface area contributed by atoms with E-state index in [0.717, 1.165) is 11.4 Å². The van der Waals surface area contributed by atoms with Gasteiger partial charge in [0.05, 0.1) is 12.2 Å². The van der Waals surface area contributed by atoms with Crippen LogP contribution in [0.3, 0.4) is 0 Å². The molecule has 1 heterocycles. The Hall–Kier alpha value is -2.49. The number of halogens is 1. The van der Waals surface area contributed by atoms with Crippen molar-refractivity contribution in [2.24, 2.45) is 0 Å². The smallest absolute Gasteiger partial charge is 0.244 e. The van der Waals surface area contributed by atoms with E-state index in [-0.39, 0.29) is 11.7 Å². The summed E-state index contributed by atoms with van der Waals surface area (Å²) < 4.78 is 13.0. The van der Waals surface area contributed by atoms with E-state index in [9.17, 15) is 9.18 Å². The Balaban J connectivity index is 1.89. The molecule has 0 saturated heterocycles. The first-order valence-electron chi connectivity index (χ1n) is 6.27. The van der Waals surface area contributed by atoms with Gasteiger partial charge in [0.2, 0.25) is 5.91 Å². The molecule has 2 rings (SSSR count). The molecule has 0 radical (unpaired) electrons. The molecule has 0 aliphatic rings. The summed E-state index contributed by atoms with van der Waals surface area (Å²) >= 11 is 0. The van der Waals surface area contributed by atoms with E-state index in [1.165, 1.54) is 18.2 Å². The molecular weight excluding hydrogens is 255 g/mol. The van der Waals surface area contributed by atoms with Gasteiger partial charge in [-0.25, -0.2) is 4.39 Å². The minimum absolute atomic E-state index is 0.238.